The molecule has 1 aliphatic heterocycles. The topological polar surface area (TPSA) is 90.3 Å². The third kappa shape index (κ3) is 5.58. The standard InChI is InChI=1S/C30H29N5O3S/c1-2-10-35-18-23(16-34-35)22-13-25(30(36)33-17-24-19-37-26-5-3-4-6-27(26)38-24)29(32-15-22)31-14-20-7-8-28-21(12-20)9-11-39-28/h3-9,11-13,15-16,18,24H,2,10,14,17,19H2,1H3,(H,31,32)(H,33,36). The summed E-state index contributed by atoms with van der Waals surface area (Å²) in [5, 5.41) is 14.1. The molecule has 0 saturated carbocycles. The monoisotopic (exact) mass is 539 g/mol. The average molecular weight is 540 g/mol. The minimum Gasteiger partial charge on any atom is -0.486 e. The summed E-state index contributed by atoms with van der Waals surface area (Å²) in [6, 6.07) is 17.9. The molecule has 8 nitrogen and oxygen atoms in total. The molecule has 0 aliphatic carbocycles. The Labute approximate surface area is 230 Å². The number of pyridine rings is 1. The number of para-hydroxylation sites is 2. The van der Waals surface area contributed by atoms with Gasteiger partial charge in [0.25, 0.3) is 5.91 Å². The molecule has 0 saturated heterocycles. The fourth-order valence-electron chi connectivity index (χ4n) is 4.58. The Kier molecular flexibility index (Phi) is 7.14. The molecule has 1 unspecified atom stereocenters. The maximum Gasteiger partial charge on any atom is 0.255 e. The molecule has 0 radical (unpaired) electrons. The first-order chi connectivity index (χ1) is 19.2. The molecule has 0 fully saturated rings. The number of benzene rings is 2. The maximum absolute atomic E-state index is 13.5. The number of hydrogen-bond acceptors (Lipinski definition) is 7. The van der Waals surface area contributed by atoms with E-state index in [1.165, 1.54) is 10.1 Å². The summed E-state index contributed by atoms with van der Waals surface area (Å²) in [6.45, 7) is 4.16. The van der Waals surface area contributed by atoms with Crippen molar-refractivity contribution in [3.05, 3.63) is 89.7 Å². The van der Waals surface area contributed by atoms with Crippen molar-refractivity contribution in [3.8, 4) is 22.6 Å². The number of amides is 1. The van der Waals surface area contributed by atoms with Crippen molar-refractivity contribution in [2.75, 3.05) is 18.5 Å². The Morgan fingerprint density at radius 2 is 2.00 bits per heavy atom. The number of aryl methyl sites for hydroxylation is 1. The third-order valence-corrected chi connectivity index (χ3v) is 7.48. The van der Waals surface area contributed by atoms with E-state index < -0.39 is 0 Å². The average Bonchev–Trinajstić information content (AvgIpc) is 3.64. The molecule has 3 aromatic heterocycles. The van der Waals surface area contributed by atoms with Crippen LogP contribution in [-0.2, 0) is 13.1 Å². The van der Waals surface area contributed by atoms with Gasteiger partial charge in [0.2, 0.25) is 0 Å². The number of nitrogens with zero attached hydrogens (tertiary/aromatic N) is 3. The number of aromatic nitrogens is 3. The van der Waals surface area contributed by atoms with Crippen molar-refractivity contribution in [2.45, 2.75) is 32.5 Å². The number of thiophene rings is 1. The van der Waals surface area contributed by atoms with Gasteiger partial charge in [-0.15, -0.1) is 11.3 Å². The summed E-state index contributed by atoms with van der Waals surface area (Å²) >= 11 is 1.72. The van der Waals surface area contributed by atoms with Crippen LogP contribution < -0.4 is 20.1 Å². The van der Waals surface area contributed by atoms with E-state index in [0.717, 1.165) is 29.7 Å². The number of ether oxygens (including phenoxy) is 2. The van der Waals surface area contributed by atoms with Gasteiger partial charge in [-0.2, -0.15) is 5.10 Å². The van der Waals surface area contributed by atoms with Crippen molar-refractivity contribution in [1.82, 2.24) is 20.1 Å². The first-order valence-electron chi connectivity index (χ1n) is 13.1. The zero-order chi connectivity index (χ0) is 26.6. The van der Waals surface area contributed by atoms with Crippen LogP contribution in [0.5, 0.6) is 11.5 Å². The van der Waals surface area contributed by atoms with Crippen LogP contribution in [0.4, 0.5) is 5.82 Å². The smallest absolute Gasteiger partial charge is 0.255 e. The van der Waals surface area contributed by atoms with E-state index in [-0.39, 0.29) is 12.0 Å². The van der Waals surface area contributed by atoms with Crippen LogP contribution in [0.1, 0.15) is 29.3 Å². The van der Waals surface area contributed by atoms with Gasteiger partial charge in [0.1, 0.15) is 18.5 Å². The molecule has 9 heteroatoms. The number of anilines is 1. The molecule has 1 amide bonds. The van der Waals surface area contributed by atoms with Gasteiger partial charge in [0.15, 0.2) is 11.5 Å². The van der Waals surface area contributed by atoms with Crippen LogP contribution in [0.15, 0.2) is 78.6 Å². The second-order valence-electron chi connectivity index (χ2n) is 9.47. The number of carbonyl (C=O) groups excluding carboxylic acids is 1. The van der Waals surface area contributed by atoms with E-state index in [4.69, 9.17) is 9.47 Å². The highest BCUT2D eigenvalue weighted by Gasteiger charge is 2.22. The van der Waals surface area contributed by atoms with E-state index >= 15 is 0 Å². The summed E-state index contributed by atoms with van der Waals surface area (Å²) in [7, 11) is 0. The summed E-state index contributed by atoms with van der Waals surface area (Å²) < 4.78 is 15.0. The van der Waals surface area contributed by atoms with Gasteiger partial charge in [-0.3, -0.25) is 9.48 Å². The summed E-state index contributed by atoms with van der Waals surface area (Å²) in [4.78, 5) is 18.1. The molecule has 0 bridgehead atoms. The molecule has 1 aliphatic rings. The minimum absolute atomic E-state index is 0.233. The predicted molar refractivity (Wildman–Crippen MR) is 154 cm³/mol. The highest BCUT2D eigenvalue weighted by atomic mass is 32.1. The van der Waals surface area contributed by atoms with Crippen LogP contribution in [0.25, 0.3) is 21.2 Å². The number of hydrogen-bond donors (Lipinski definition) is 2. The van der Waals surface area contributed by atoms with Gasteiger partial charge in [0.05, 0.1) is 18.3 Å². The van der Waals surface area contributed by atoms with Crippen LogP contribution in [0, 0.1) is 0 Å². The van der Waals surface area contributed by atoms with E-state index in [9.17, 15) is 4.79 Å². The van der Waals surface area contributed by atoms with Crippen molar-refractivity contribution >= 4 is 33.1 Å². The van der Waals surface area contributed by atoms with Crippen molar-refractivity contribution in [3.63, 3.8) is 0 Å². The largest absolute Gasteiger partial charge is 0.486 e. The van der Waals surface area contributed by atoms with Gasteiger partial charge < -0.3 is 20.1 Å². The number of rotatable bonds is 9. The van der Waals surface area contributed by atoms with E-state index in [2.05, 4.69) is 57.3 Å². The quantitative estimate of drug-likeness (QED) is 0.248. The molecule has 2 aromatic carbocycles. The van der Waals surface area contributed by atoms with Crippen LogP contribution in [0.2, 0.25) is 0 Å². The number of fused-ring (bicyclic) bond motifs is 2. The first kappa shape index (κ1) is 24.9. The molecule has 2 N–H and O–H groups in total. The summed E-state index contributed by atoms with van der Waals surface area (Å²) in [5.74, 6) is 1.69. The molecule has 0 spiro atoms. The Morgan fingerprint density at radius 1 is 1.10 bits per heavy atom. The first-order valence-corrected chi connectivity index (χ1v) is 13.9. The lowest BCUT2D eigenvalue weighted by atomic mass is 10.1. The molecule has 198 valence electrons. The molecular weight excluding hydrogens is 510 g/mol. The SMILES string of the molecule is CCCn1cc(-c2cnc(NCc3ccc4sccc4c3)c(C(=O)NCC3COc4ccccc4O3)c2)cn1. The van der Waals surface area contributed by atoms with Gasteiger partial charge in [-0.05, 0) is 59.1 Å². The normalized spacial score (nSPS) is 14.3. The lowest BCUT2D eigenvalue weighted by Crippen LogP contribution is -2.41. The number of nitrogens with one attached hydrogen (secondary N) is 2. The molecule has 6 rings (SSSR count). The number of carbonyl (C=O) groups is 1. The lowest BCUT2D eigenvalue weighted by Gasteiger charge is -2.26. The predicted octanol–water partition coefficient (Wildman–Crippen LogP) is 5.75. The minimum atomic E-state index is -0.291. The van der Waals surface area contributed by atoms with E-state index in [1.54, 1.807) is 17.5 Å². The zero-order valence-corrected chi connectivity index (χ0v) is 22.4. The summed E-state index contributed by atoms with van der Waals surface area (Å²) in [6.07, 6.45) is 6.27. The van der Waals surface area contributed by atoms with Gasteiger partial charge in [-0.25, -0.2) is 4.98 Å². The second kappa shape index (κ2) is 11.2. The van der Waals surface area contributed by atoms with Gasteiger partial charge >= 0.3 is 0 Å². The van der Waals surface area contributed by atoms with E-state index in [1.807, 2.05) is 47.4 Å². The van der Waals surface area contributed by atoms with Crippen LogP contribution >= 0.6 is 11.3 Å². The highest BCUT2D eigenvalue weighted by Crippen LogP contribution is 2.31. The van der Waals surface area contributed by atoms with Crippen molar-refractivity contribution < 1.29 is 14.3 Å². The molecule has 1 atom stereocenters. The summed E-state index contributed by atoms with van der Waals surface area (Å²) in [5.41, 5.74) is 3.33. The maximum atomic E-state index is 13.5. The van der Waals surface area contributed by atoms with Crippen molar-refractivity contribution in [1.29, 1.82) is 0 Å². The van der Waals surface area contributed by atoms with Crippen LogP contribution in [0.3, 0.4) is 0 Å². The lowest BCUT2D eigenvalue weighted by molar-refractivity contribution is 0.0789. The molecule has 5 aromatic rings. The van der Waals surface area contributed by atoms with Gasteiger partial charge in [-0.1, -0.05) is 25.1 Å². The fourth-order valence-corrected chi connectivity index (χ4v) is 5.35. The Bertz CT molecular complexity index is 1610. The highest BCUT2D eigenvalue weighted by molar-refractivity contribution is 7.17. The zero-order valence-electron chi connectivity index (χ0n) is 21.6. The Balaban J connectivity index is 1.21. The van der Waals surface area contributed by atoms with E-state index in [0.29, 0.717) is 42.6 Å². The van der Waals surface area contributed by atoms with Gasteiger partial charge in [0, 0.05) is 41.3 Å². The molecule has 39 heavy (non-hydrogen) atoms. The fraction of sp³-hybridized carbons (Fsp3) is 0.233. The third-order valence-electron chi connectivity index (χ3n) is 6.59. The molecule has 4 heterocycles. The second-order valence-corrected chi connectivity index (χ2v) is 10.4. The van der Waals surface area contributed by atoms with Crippen molar-refractivity contribution in [2.24, 2.45) is 0 Å². The molecular formula is C30H29N5O3S. The Hall–Kier alpha value is -4.37. The Morgan fingerprint density at radius 3 is 2.90 bits per heavy atom. The van der Waals surface area contributed by atoms with Crippen LogP contribution in [-0.4, -0.2) is 39.9 Å².